The summed E-state index contributed by atoms with van der Waals surface area (Å²) in [6, 6.07) is 8.72. The molecular formula is C12H15N3O. The summed E-state index contributed by atoms with van der Waals surface area (Å²) in [7, 11) is 0. The van der Waals surface area contributed by atoms with Crippen molar-refractivity contribution in [3.05, 3.63) is 35.4 Å². The van der Waals surface area contributed by atoms with Crippen molar-refractivity contribution >= 4 is 5.91 Å². The monoisotopic (exact) mass is 217 g/mol. The van der Waals surface area contributed by atoms with Gasteiger partial charge in [-0.1, -0.05) is 19.1 Å². The third-order valence-corrected chi connectivity index (χ3v) is 2.30. The highest BCUT2D eigenvalue weighted by Gasteiger charge is 2.09. The Kier molecular flexibility index (Phi) is 4.49. The molecule has 0 heterocycles. The zero-order valence-corrected chi connectivity index (χ0v) is 9.23. The number of hydrogen-bond acceptors (Lipinski definition) is 3. The second kappa shape index (κ2) is 5.89. The molecule has 1 atom stereocenters. The van der Waals surface area contributed by atoms with Gasteiger partial charge in [-0.2, -0.15) is 5.26 Å². The molecule has 1 amide bonds. The minimum Gasteiger partial charge on any atom is -0.351 e. The Morgan fingerprint density at radius 2 is 2.38 bits per heavy atom. The average molecular weight is 217 g/mol. The summed E-state index contributed by atoms with van der Waals surface area (Å²) in [5.74, 6) is -0.162. The lowest BCUT2D eigenvalue weighted by Gasteiger charge is -2.09. The number of benzene rings is 1. The summed E-state index contributed by atoms with van der Waals surface area (Å²) >= 11 is 0. The molecular weight excluding hydrogens is 202 g/mol. The summed E-state index contributed by atoms with van der Waals surface area (Å²) in [5, 5.41) is 11.4. The molecule has 0 saturated carbocycles. The Balaban J connectivity index is 2.55. The molecule has 0 aliphatic heterocycles. The third-order valence-electron chi connectivity index (χ3n) is 2.30. The molecule has 84 valence electrons. The molecule has 0 fully saturated rings. The molecule has 0 aliphatic rings. The van der Waals surface area contributed by atoms with Gasteiger partial charge in [0, 0.05) is 6.54 Å². The first-order chi connectivity index (χ1) is 7.67. The van der Waals surface area contributed by atoms with Crippen molar-refractivity contribution in [1.82, 2.24) is 5.32 Å². The Hall–Kier alpha value is -1.86. The first kappa shape index (κ1) is 12.2. The van der Waals surface area contributed by atoms with Gasteiger partial charge in [0.25, 0.3) is 0 Å². The lowest BCUT2D eigenvalue weighted by atomic mass is 10.1. The Labute approximate surface area is 95.1 Å². The van der Waals surface area contributed by atoms with E-state index in [9.17, 15) is 4.79 Å². The fourth-order valence-corrected chi connectivity index (χ4v) is 1.26. The quantitative estimate of drug-likeness (QED) is 0.786. The number of rotatable bonds is 4. The highest BCUT2D eigenvalue weighted by Crippen LogP contribution is 2.03. The summed E-state index contributed by atoms with van der Waals surface area (Å²) in [4.78, 5) is 11.4. The van der Waals surface area contributed by atoms with Gasteiger partial charge in [-0.25, -0.2) is 0 Å². The number of nitriles is 1. The van der Waals surface area contributed by atoms with Gasteiger partial charge in [0.15, 0.2) is 0 Å². The fraction of sp³-hybridized carbons (Fsp3) is 0.333. The van der Waals surface area contributed by atoms with E-state index in [-0.39, 0.29) is 5.91 Å². The number of nitrogens with zero attached hydrogens (tertiary/aromatic N) is 1. The highest BCUT2D eigenvalue weighted by molar-refractivity contribution is 5.81. The maximum atomic E-state index is 11.4. The second-order valence-electron chi connectivity index (χ2n) is 3.54. The number of nitrogens with two attached hydrogens (primary N) is 1. The molecule has 4 nitrogen and oxygen atoms in total. The van der Waals surface area contributed by atoms with E-state index in [1.54, 1.807) is 18.2 Å². The van der Waals surface area contributed by atoms with Crippen LogP contribution in [0.3, 0.4) is 0 Å². The lowest BCUT2D eigenvalue weighted by Crippen LogP contribution is -2.39. The molecule has 1 rings (SSSR count). The van der Waals surface area contributed by atoms with Gasteiger partial charge in [-0.15, -0.1) is 0 Å². The maximum absolute atomic E-state index is 11.4. The Morgan fingerprint density at radius 3 is 3.00 bits per heavy atom. The van der Waals surface area contributed by atoms with Gasteiger partial charge >= 0.3 is 0 Å². The van der Waals surface area contributed by atoms with Crippen molar-refractivity contribution < 1.29 is 4.79 Å². The van der Waals surface area contributed by atoms with Crippen LogP contribution in [0.4, 0.5) is 0 Å². The zero-order chi connectivity index (χ0) is 12.0. The smallest absolute Gasteiger partial charge is 0.237 e. The van der Waals surface area contributed by atoms with Crippen LogP contribution in [0.15, 0.2) is 24.3 Å². The molecule has 0 unspecified atom stereocenters. The summed E-state index contributed by atoms with van der Waals surface area (Å²) in [6.07, 6.45) is 0.615. The molecule has 0 radical (unpaired) electrons. The Bertz CT molecular complexity index is 409. The van der Waals surface area contributed by atoms with Gasteiger partial charge < -0.3 is 11.1 Å². The number of hydrogen-bond donors (Lipinski definition) is 2. The van der Waals surface area contributed by atoms with Crippen LogP contribution in [0.25, 0.3) is 0 Å². The van der Waals surface area contributed by atoms with E-state index in [1.165, 1.54) is 0 Å². The molecule has 16 heavy (non-hydrogen) atoms. The van der Waals surface area contributed by atoms with Crippen LogP contribution in [0.1, 0.15) is 24.5 Å². The minimum absolute atomic E-state index is 0.162. The molecule has 0 bridgehead atoms. The molecule has 0 saturated heterocycles. The normalized spacial score (nSPS) is 11.6. The Morgan fingerprint density at radius 1 is 1.62 bits per heavy atom. The van der Waals surface area contributed by atoms with Gasteiger partial charge in [0.1, 0.15) is 0 Å². The number of carbonyl (C=O) groups excluding carboxylic acids is 1. The summed E-state index contributed by atoms with van der Waals surface area (Å²) in [6.45, 7) is 2.27. The van der Waals surface area contributed by atoms with Crippen LogP contribution in [-0.4, -0.2) is 11.9 Å². The van der Waals surface area contributed by atoms with E-state index in [1.807, 2.05) is 13.0 Å². The van der Waals surface area contributed by atoms with Crippen molar-refractivity contribution in [3.8, 4) is 6.07 Å². The topological polar surface area (TPSA) is 78.9 Å². The van der Waals surface area contributed by atoms with Crippen LogP contribution in [0.2, 0.25) is 0 Å². The number of amides is 1. The van der Waals surface area contributed by atoms with Crippen LogP contribution in [0, 0.1) is 11.3 Å². The van der Waals surface area contributed by atoms with Crippen molar-refractivity contribution in [2.45, 2.75) is 25.9 Å². The van der Waals surface area contributed by atoms with Gasteiger partial charge in [-0.3, -0.25) is 4.79 Å². The van der Waals surface area contributed by atoms with E-state index in [0.29, 0.717) is 18.5 Å². The van der Waals surface area contributed by atoms with Gasteiger partial charge in [-0.05, 0) is 24.1 Å². The first-order valence-corrected chi connectivity index (χ1v) is 5.19. The predicted octanol–water partition coefficient (Wildman–Crippen LogP) is 0.912. The SMILES string of the molecule is CC[C@@H](N)C(=O)NCc1cccc(C#N)c1. The van der Waals surface area contributed by atoms with E-state index in [4.69, 9.17) is 11.0 Å². The second-order valence-corrected chi connectivity index (χ2v) is 3.54. The molecule has 4 heteroatoms. The summed E-state index contributed by atoms with van der Waals surface area (Å²) < 4.78 is 0. The number of carbonyl (C=O) groups is 1. The molecule has 1 aromatic carbocycles. The molecule has 0 aliphatic carbocycles. The van der Waals surface area contributed by atoms with Crippen LogP contribution in [-0.2, 0) is 11.3 Å². The molecule has 3 N–H and O–H groups in total. The standard InChI is InChI=1S/C12H15N3O/c1-2-11(14)12(16)15-8-10-5-3-4-9(6-10)7-13/h3-6,11H,2,8,14H2,1H3,(H,15,16)/t11-/m1/s1. The predicted molar refractivity (Wildman–Crippen MR) is 61.3 cm³/mol. The van der Waals surface area contributed by atoms with Crippen molar-refractivity contribution in [1.29, 1.82) is 5.26 Å². The molecule has 0 spiro atoms. The van der Waals surface area contributed by atoms with E-state index in [0.717, 1.165) is 5.56 Å². The van der Waals surface area contributed by atoms with Crippen LogP contribution >= 0.6 is 0 Å². The third kappa shape index (κ3) is 3.37. The van der Waals surface area contributed by atoms with Crippen molar-refractivity contribution in [2.75, 3.05) is 0 Å². The maximum Gasteiger partial charge on any atom is 0.237 e. The number of nitrogens with one attached hydrogen (secondary N) is 1. The largest absolute Gasteiger partial charge is 0.351 e. The lowest BCUT2D eigenvalue weighted by molar-refractivity contribution is -0.122. The van der Waals surface area contributed by atoms with E-state index >= 15 is 0 Å². The highest BCUT2D eigenvalue weighted by atomic mass is 16.2. The molecule has 1 aromatic rings. The van der Waals surface area contributed by atoms with Gasteiger partial charge in [0.05, 0.1) is 17.7 Å². The van der Waals surface area contributed by atoms with Crippen molar-refractivity contribution in [3.63, 3.8) is 0 Å². The first-order valence-electron chi connectivity index (χ1n) is 5.19. The van der Waals surface area contributed by atoms with Crippen molar-refractivity contribution in [2.24, 2.45) is 5.73 Å². The summed E-state index contributed by atoms with van der Waals surface area (Å²) in [5.41, 5.74) is 7.06. The van der Waals surface area contributed by atoms with Gasteiger partial charge in [0.2, 0.25) is 5.91 Å². The van der Waals surface area contributed by atoms with E-state index in [2.05, 4.69) is 11.4 Å². The van der Waals surface area contributed by atoms with Crippen LogP contribution < -0.4 is 11.1 Å². The fourth-order valence-electron chi connectivity index (χ4n) is 1.26. The minimum atomic E-state index is -0.459. The average Bonchev–Trinajstić information content (AvgIpc) is 2.35. The van der Waals surface area contributed by atoms with E-state index < -0.39 is 6.04 Å². The van der Waals surface area contributed by atoms with Crippen LogP contribution in [0.5, 0.6) is 0 Å². The molecule has 0 aromatic heterocycles. The zero-order valence-electron chi connectivity index (χ0n) is 9.23.